The molecule has 4 aromatic rings. The van der Waals surface area contributed by atoms with Gasteiger partial charge in [0, 0.05) is 24.8 Å². The first-order chi connectivity index (χ1) is 19.7. The van der Waals surface area contributed by atoms with Crippen LogP contribution in [-0.2, 0) is 4.79 Å². The summed E-state index contributed by atoms with van der Waals surface area (Å²) in [7, 11) is 0. The number of benzene rings is 3. The summed E-state index contributed by atoms with van der Waals surface area (Å²) < 4.78 is 7.42. The Labute approximate surface area is 238 Å². The Hall–Kier alpha value is -4.79. The molecule has 1 unspecified atom stereocenters. The Morgan fingerprint density at radius 2 is 1.73 bits per heavy atom. The first-order valence-corrected chi connectivity index (χ1v) is 13.7. The Kier molecular flexibility index (Phi) is 9.29. The predicted octanol–water partition coefficient (Wildman–Crippen LogP) is 6.34. The SMILES string of the molecule is CCOc1ccccc1-n1c(C(C)N(CCC(C)C)C(=O)/C=C/c2ccc([N+](=O)[O-])cc2)nc2ccccc2c1=O. The Balaban J connectivity index is 1.81. The van der Waals surface area contributed by atoms with Gasteiger partial charge in [0.1, 0.15) is 11.6 Å². The van der Waals surface area contributed by atoms with Crippen LogP contribution >= 0.6 is 0 Å². The average Bonchev–Trinajstić information content (AvgIpc) is 2.96. The van der Waals surface area contributed by atoms with Crippen molar-refractivity contribution in [1.29, 1.82) is 0 Å². The van der Waals surface area contributed by atoms with E-state index in [1.54, 1.807) is 45.9 Å². The van der Waals surface area contributed by atoms with Crippen molar-refractivity contribution >= 4 is 28.6 Å². The van der Waals surface area contributed by atoms with Crippen LogP contribution in [0.5, 0.6) is 5.75 Å². The Morgan fingerprint density at radius 3 is 2.41 bits per heavy atom. The van der Waals surface area contributed by atoms with E-state index in [-0.39, 0.29) is 17.2 Å². The zero-order valence-corrected chi connectivity index (χ0v) is 23.7. The molecule has 0 fully saturated rings. The van der Waals surface area contributed by atoms with E-state index in [2.05, 4.69) is 13.8 Å². The fraction of sp³-hybridized carbons (Fsp3) is 0.281. The lowest BCUT2D eigenvalue weighted by Gasteiger charge is -2.30. The number of nitrogens with zero attached hydrogens (tertiary/aromatic N) is 4. The van der Waals surface area contributed by atoms with E-state index in [4.69, 9.17) is 9.72 Å². The molecule has 1 amide bonds. The van der Waals surface area contributed by atoms with Crippen molar-refractivity contribution in [3.8, 4) is 11.4 Å². The van der Waals surface area contributed by atoms with E-state index in [9.17, 15) is 19.7 Å². The van der Waals surface area contributed by atoms with Crippen LogP contribution < -0.4 is 10.3 Å². The van der Waals surface area contributed by atoms with Gasteiger partial charge in [-0.05, 0) is 74.2 Å². The summed E-state index contributed by atoms with van der Waals surface area (Å²) in [6.07, 6.45) is 3.83. The lowest BCUT2D eigenvalue weighted by molar-refractivity contribution is -0.384. The van der Waals surface area contributed by atoms with Gasteiger partial charge in [-0.1, -0.05) is 38.1 Å². The van der Waals surface area contributed by atoms with Gasteiger partial charge < -0.3 is 9.64 Å². The molecule has 0 radical (unpaired) electrons. The van der Waals surface area contributed by atoms with E-state index in [0.717, 1.165) is 6.42 Å². The number of aromatic nitrogens is 2. The molecule has 0 N–H and O–H groups in total. The van der Waals surface area contributed by atoms with Crippen molar-refractivity contribution in [1.82, 2.24) is 14.5 Å². The molecule has 41 heavy (non-hydrogen) atoms. The number of fused-ring (bicyclic) bond motifs is 1. The van der Waals surface area contributed by atoms with Crippen molar-refractivity contribution < 1.29 is 14.5 Å². The molecule has 212 valence electrons. The number of hydrogen-bond donors (Lipinski definition) is 0. The standard InChI is InChI=1S/C32H34N4O5/c1-5-41-29-13-9-8-12-28(29)35-31(33-27-11-7-6-10-26(27)32(35)38)23(4)34(21-20-22(2)3)30(37)19-16-24-14-17-25(18-15-24)36(39)40/h6-19,22-23H,5,20-21H2,1-4H3/b19-16+. The van der Waals surface area contributed by atoms with Gasteiger partial charge in [-0.15, -0.1) is 0 Å². The molecule has 1 atom stereocenters. The average molecular weight is 555 g/mol. The second-order valence-corrected chi connectivity index (χ2v) is 10.1. The first kappa shape index (κ1) is 29.2. The largest absolute Gasteiger partial charge is 0.492 e. The molecule has 0 aliphatic heterocycles. The third-order valence-electron chi connectivity index (χ3n) is 6.80. The highest BCUT2D eigenvalue weighted by atomic mass is 16.6. The lowest BCUT2D eigenvalue weighted by Crippen LogP contribution is -2.37. The second-order valence-electron chi connectivity index (χ2n) is 10.1. The molecule has 9 heteroatoms. The minimum atomic E-state index is -0.574. The summed E-state index contributed by atoms with van der Waals surface area (Å²) in [6, 6.07) is 19.9. The number of nitro groups is 1. The molecule has 1 aromatic heterocycles. The number of amides is 1. The topological polar surface area (TPSA) is 108 Å². The highest BCUT2D eigenvalue weighted by molar-refractivity contribution is 5.92. The van der Waals surface area contributed by atoms with Crippen molar-refractivity contribution in [2.24, 2.45) is 5.92 Å². The van der Waals surface area contributed by atoms with E-state index in [1.807, 2.05) is 44.2 Å². The molecule has 0 spiro atoms. The van der Waals surface area contributed by atoms with Crippen LogP contribution in [0, 0.1) is 16.0 Å². The third kappa shape index (κ3) is 6.69. The molecule has 0 saturated carbocycles. The maximum absolute atomic E-state index is 14.0. The third-order valence-corrected chi connectivity index (χ3v) is 6.80. The number of rotatable bonds is 11. The highest BCUT2D eigenvalue weighted by Gasteiger charge is 2.27. The van der Waals surface area contributed by atoms with Gasteiger partial charge in [-0.25, -0.2) is 4.98 Å². The van der Waals surface area contributed by atoms with Crippen molar-refractivity contribution in [2.75, 3.05) is 13.2 Å². The molecule has 1 heterocycles. The van der Waals surface area contributed by atoms with Gasteiger partial charge in [-0.3, -0.25) is 24.3 Å². The first-order valence-electron chi connectivity index (χ1n) is 13.7. The van der Waals surface area contributed by atoms with E-state index >= 15 is 0 Å². The zero-order chi connectivity index (χ0) is 29.5. The van der Waals surface area contributed by atoms with Gasteiger partial charge in [0.15, 0.2) is 0 Å². The van der Waals surface area contributed by atoms with Crippen LogP contribution in [-0.4, -0.2) is 38.4 Å². The minimum absolute atomic E-state index is 0.0201. The Morgan fingerprint density at radius 1 is 1.05 bits per heavy atom. The molecule has 0 bridgehead atoms. The molecule has 0 saturated heterocycles. The van der Waals surface area contributed by atoms with Crippen molar-refractivity contribution in [2.45, 2.75) is 40.2 Å². The van der Waals surface area contributed by atoms with E-state index in [0.29, 0.717) is 52.8 Å². The number of hydrogen-bond acceptors (Lipinski definition) is 6. The summed E-state index contributed by atoms with van der Waals surface area (Å²) >= 11 is 0. The van der Waals surface area contributed by atoms with Crippen LogP contribution in [0.15, 0.2) is 83.7 Å². The highest BCUT2D eigenvalue weighted by Crippen LogP contribution is 2.28. The number of carbonyl (C=O) groups excluding carboxylic acids is 1. The zero-order valence-electron chi connectivity index (χ0n) is 23.7. The number of ether oxygens (including phenoxy) is 1. The minimum Gasteiger partial charge on any atom is -0.492 e. The predicted molar refractivity (Wildman–Crippen MR) is 160 cm³/mol. The molecule has 0 aliphatic rings. The van der Waals surface area contributed by atoms with Crippen LogP contribution in [0.3, 0.4) is 0 Å². The quantitative estimate of drug-likeness (QED) is 0.122. The smallest absolute Gasteiger partial charge is 0.269 e. The monoisotopic (exact) mass is 554 g/mol. The summed E-state index contributed by atoms with van der Waals surface area (Å²) in [5, 5.41) is 11.5. The fourth-order valence-electron chi connectivity index (χ4n) is 4.58. The maximum atomic E-state index is 14.0. The van der Waals surface area contributed by atoms with E-state index in [1.165, 1.54) is 18.2 Å². The van der Waals surface area contributed by atoms with Gasteiger partial charge in [0.05, 0.1) is 34.2 Å². The van der Waals surface area contributed by atoms with E-state index < -0.39 is 11.0 Å². The summed E-state index contributed by atoms with van der Waals surface area (Å²) in [5.41, 5.74) is 1.49. The number of carbonyl (C=O) groups is 1. The maximum Gasteiger partial charge on any atom is 0.269 e. The second kappa shape index (κ2) is 13.0. The molecule has 4 rings (SSSR count). The van der Waals surface area contributed by atoms with Crippen LogP contribution in [0.25, 0.3) is 22.7 Å². The van der Waals surface area contributed by atoms with Crippen LogP contribution in [0.2, 0.25) is 0 Å². The summed E-state index contributed by atoms with van der Waals surface area (Å²) in [6.45, 7) is 8.78. The number of para-hydroxylation sites is 3. The lowest BCUT2D eigenvalue weighted by atomic mass is 10.1. The summed E-state index contributed by atoms with van der Waals surface area (Å²) in [5.74, 6) is 1.03. The molecule has 0 aliphatic carbocycles. The van der Waals surface area contributed by atoms with Crippen LogP contribution in [0.4, 0.5) is 5.69 Å². The van der Waals surface area contributed by atoms with Gasteiger partial charge >= 0.3 is 0 Å². The molecule has 9 nitrogen and oxygen atoms in total. The van der Waals surface area contributed by atoms with Gasteiger partial charge in [-0.2, -0.15) is 0 Å². The van der Waals surface area contributed by atoms with Crippen molar-refractivity contribution in [3.63, 3.8) is 0 Å². The Bertz CT molecular complexity index is 1630. The summed E-state index contributed by atoms with van der Waals surface area (Å²) in [4.78, 5) is 44.8. The molecule has 3 aromatic carbocycles. The normalized spacial score (nSPS) is 12.1. The van der Waals surface area contributed by atoms with Gasteiger partial charge in [0.25, 0.3) is 11.2 Å². The van der Waals surface area contributed by atoms with Crippen LogP contribution in [0.1, 0.15) is 51.5 Å². The molecular formula is C32H34N4O5. The number of nitro benzene ring substituents is 1. The fourth-order valence-corrected chi connectivity index (χ4v) is 4.58. The molecular weight excluding hydrogens is 520 g/mol. The van der Waals surface area contributed by atoms with Gasteiger partial charge in [0.2, 0.25) is 5.91 Å². The number of non-ortho nitro benzene ring substituents is 1. The van der Waals surface area contributed by atoms with Crippen molar-refractivity contribution in [3.05, 3.63) is 111 Å².